The summed E-state index contributed by atoms with van der Waals surface area (Å²) in [5.41, 5.74) is 1.52. The minimum absolute atomic E-state index is 0.0942. The van der Waals surface area contributed by atoms with Gasteiger partial charge in [0.25, 0.3) is 0 Å². The lowest BCUT2D eigenvalue weighted by Gasteiger charge is -2.08. The summed E-state index contributed by atoms with van der Waals surface area (Å²) in [5.74, 6) is 0.0942. The van der Waals surface area contributed by atoms with Gasteiger partial charge in [0.15, 0.2) is 0 Å². The van der Waals surface area contributed by atoms with Crippen LogP contribution in [0.5, 0.6) is 0 Å². The number of aliphatic hydroxyl groups excluding tert-OH is 1. The van der Waals surface area contributed by atoms with Crippen molar-refractivity contribution in [2.75, 3.05) is 0 Å². The van der Waals surface area contributed by atoms with Crippen LogP contribution in [0, 0.1) is 6.92 Å². The number of carbonyl (C=O) groups excluding carboxylic acids is 1. The number of hydrogen-bond acceptors (Lipinski definition) is 3. The molecule has 14 heavy (non-hydrogen) atoms. The molecule has 3 nitrogen and oxygen atoms in total. The Kier molecular flexibility index (Phi) is 3.77. The van der Waals surface area contributed by atoms with E-state index in [9.17, 15) is 9.90 Å². The fourth-order valence-corrected chi connectivity index (χ4v) is 1.24. The van der Waals surface area contributed by atoms with Crippen molar-refractivity contribution >= 4 is 5.78 Å². The molecule has 1 aromatic rings. The number of carbonyl (C=O) groups is 1. The Morgan fingerprint density at radius 3 is 2.86 bits per heavy atom. The van der Waals surface area contributed by atoms with Crippen molar-refractivity contribution in [1.29, 1.82) is 0 Å². The lowest BCUT2D eigenvalue weighted by atomic mass is 10.1. The summed E-state index contributed by atoms with van der Waals surface area (Å²) in [6, 6.07) is 5.51. The molecule has 1 aromatic heterocycles. The van der Waals surface area contributed by atoms with E-state index in [0.29, 0.717) is 18.5 Å². The van der Waals surface area contributed by atoms with Gasteiger partial charge in [-0.25, -0.2) is 0 Å². The van der Waals surface area contributed by atoms with Crippen LogP contribution in [0.4, 0.5) is 0 Å². The maximum absolute atomic E-state index is 10.7. The van der Waals surface area contributed by atoms with Crippen LogP contribution < -0.4 is 0 Å². The second-order valence-corrected chi connectivity index (χ2v) is 3.46. The number of aryl methyl sites for hydroxylation is 1. The van der Waals surface area contributed by atoms with Gasteiger partial charge in [0.1, 0.15) is 5.78 Å². The number of pyridine rings is 1. The minimum atomic E-state index is -0.626. The third-order valence-corrected chi connectivity index (χ3v) is 2.02. The number of hydrogen-bond donors (Lipinski definition) is 1. The summed E-state index contributed by atoms with van der Waals surface area (Å²) >= 11 is 0. The van der Waals surface area contributed by atoms with Gasteiger partial charge in [0, 0.05) is 12.1 Å². The van der Waals surface area contributed by atoms with Crippen LogP contribution in [-0.2, 0) is 4.79 Å². The molecule has 0 fully saturated rings. The zero-order chi connectivity index (χ0) is 10.6. The lowest BCUT2D eigenvalue weighted by molar-refractivity contribution is -0.117. The van der Waals surface area contributed by atoms with Crippen molar-refractivity contribution in [3.05, 3.63) is 29.6 Å². The molecule has 0 spiro atoms. The Morgan fingerprint density at radius 1 is 1.57 bits per heavy atom. The first-order chi connectivity index (χ1) is 6.59. The van der Waals surface area contributed by atoms with Crippen molar-refractivity contribution in [2.45, 2.75) is 32.8 Å². The van der Waals surface area contributed by atoms with E-state index in [1.165, 1.54) is 6.92 Å². The number of nitrogens with zero attached hydrogens (tertiary/aromatic N) is 1. The van der Waals surface area contributed by atoms with E-state index in [2.05, 4.69) is 4.98 Å². The van der Waals surface area contributed by atoms with Crippen molar-refractivity contribution in [2.24, 2.45) is 0 Å². The molecule has 0 saturated heterocycles. The SMILES string of the molecule is CC(=O)CCC(O)c1cccc(C)n1. The molecule has 1 rings (SSSR count). The first kappa shape index (κ1) is 10.9. The van der Waals surface area contributed by atoms with Gasteiger partial charge in [-0.2, -0.15) is 0 Å². The van der Waals surface area contributed by atoms with Gasteiger partial charge in [-0.15, -0.1) is 0 Å². The largest absolute Gasteiger partial charge is 0.387 e. The van der Waals surface area contributed by atoms with Gasteiger partial charge in [-0.1, -0.05) is 6.07 Å². The van der Waals surface area contributed by atoms with E-state index in [0.717, 1.165) is 5.69 Å². The fourth-order valence-electron chi connectivity index (χ4n) is 1.24. The van der Waals surface area contributed by atoms with Crippen LogP contribution in [0.1, 0.15) is 37.3 Å². The molecule has 0 aliphatic heterocycles. The van der Waals surface area contributed by atoms with Gasteiger partial charge >= 0.3 is 0 Å². The highest BCUT2D eigenvalue weighted by Gasteiger charge is 2.09. The van der Waals surface area contributed by atoms with Crippen LogP contribution in [0.3, 0.4) is 0 Å². The zero-order valence-electron chi connectivity index (χ0n) is 8.53. The van der Waals surface area contributed by atoms with Crippen LogP contribution in [0.2, 0.25) is 0 Å². The summed E-state index contributed by atoms with van der Waals surface area (Å²) in [5, 5.41) is 9.68. The van der Waals surface area contributed by atoms with Crippen molar-refractivity contribution in [1.82, 2.24) is 4.98 Å². The fraction of sp³-hybridized carbons (Fsp3) is 0.455. The molecule has 0 amide bonds. The topological polar surface area (TPSA) is 50.2 Å². The number of Topliss-reactive ketones (excluding diaryl/α,β-unsaturated/α-hetero) is 1. The monoisotopic (exact) mass is 193 g/mol. The third-order valence-electron chi connectivity index (χ3n) is 2.02. The summed E-state index contributed by atoms with van der Waals surface area (Å²) in [7, 11) is 0. The first-order valence-corrected chi connectivity index (χ1v) is 4.70. The van der Waals surface area contributed by atoms with Crippen LogP contribution in [0.25, 0.3) is 0 Å². The molecule has 0 saturated carbocycles. The number of aliphatic hydroxyl groups is 1. The van der Waals surface area contributed by atoms with Crippen LogP contribution in [0.15, 0.2) is 18.2 Å². The van der Waals surface area contributed by atoms with Gasteiger partial charge < -0.3 is 9.90 Å². The van der Waals surface area contributed by atoms with Crippen molar-refractivity contribution in [3.63, 3.8) is 0 Å². The second kappa shape index (κ2) is 4.86. The van der Waals surface area contributed by atoms with E-state index in [1.54, 1.807) is 6.07 Å². The molecule has 0 aromatic carbocycles. The van der Waals surface area contributed by atoms with E-state index in [4.69, 9.17) is 0 Å². The number of aromatic nitrogens is 1. The first-order valence-electron chi connectivity index (χ1n) is 4.70. The van der Waals surface area contributed by atoms with Crippen molar-refractivity contribution < 1.29 is 9.90 Å². The van der Waals surface area contributed by atoms with Gasteiger partial charge in [0.2, 0.25) is 0 Å². The molecule has 0 aliphatic rings. The van der Waals surface area contributed by atoms with E-state index >= 15 is 0 Å². The maximum atomic E-state index is 10.7. The van der Waals surface area contributed by atoms with E-state index < -0.39 is 6.10 Å². The Balaban J connectivity index is 2.60. The van der Waals surface area contributed by atoms with Crippen LogP contribution >= 0.6 is 0 Å². The second-order valence-electron chi connectivity index (χ2n) is 3.46. The van der Waals surface area contributed by atoms with Crippen molar-refractivity contribution in [3.8, 4) is 0 Å². The summed E-state index contributed by atoms with van der Waals surface area (Å²) in [4.78, 5) is 14.9. The molecule has 0 aliphatic carbocycles. The highest BCUT2D eigenvalue weighted by atomic mass is 16.3. The maximum Gasteiger partial charge on any atom is 0.129 e. The third kappa shape index (κ3) is 3.26. The Morgan fingerprint density at radius 2 is 2.29 bits per heavy atom. The average molecular weight is 193 g/mol. The molecule has 1 heterocycles. The Bertz CT molecular complexity index is 323. The standard InChI is InChI=1S/C11H15NO2/c1-8-4-3-5-10(12-8)11(14)7-6-9(2)13/h3-5,11,14H,6-7H2,1-2H3. The Labute approximate surface area is 83.8 Å². The van der Waals surface area contributed by atoms with Gasteiger partial charge in [0.05, 0.1) is 11.8 Å². The molecule has 1 atom stereocenters. The minimum Gasteiger partial charge on any atom is -0.387 e. The summed E-state index contributed by atoms with van der Waals surface area (Å²) in [6.45, 7) is 3.40. The number of rotatable bonds is 4. The molecule has 3 heteroatoms. The van der Waals surface area contributed by atoms with Crippen LogP contribution in [-0.4, -0.2) is 15.9 Å². The molecule has 1 N–H and O–H groups in total. The molecule has 1 unspecified atom stereocenters. The summed E-state index contributed by atoms with van der Waals surface area (Å²) in [6.07, 6.45) is 0.224. The number of ketones is 1. The molecule has 76 valence electrons. The zero-order valence-corrected chi connectivity index (χ0v) is 8.53. The predicted molar refractivity (Wildman–Crippen MR) is 53.8 cm³/mol. The summed E-state index contributed by atoms with van der Waals surface area (Å²) < 4.78 is 0. The molecular formula is C11H15NO2. The van der Waals surface area contributed by atoms with E-state index in [1.807, 2.05) is 19.1 Å². The molecule has 0 bridgehead atoms. The highest BCUT2D eigenvalue weighted by Crippen LogP contribution is 2.16. The normalized spacial score (nSPS) is 12.5. The van der Waals surface area contributed by atoms with E-state index in [-0.39, 0.29) is 5.78 Å². The quantitative estimate of drug-likeness (QED) is 0.793. The average Bonchev–Trinajstić information content (AvgIpc) is 2.14. The highest BCUT2D eigenvalue weighted by molar-refractivity contribution is 5.75. The lowest BCUT2D eigenvalue weighted by Crippen LogP contribution is -2.03. The molecule has 0 radical (unpaired) electrons. The van der Waals surface area contributed by atoms with Gasteiger partial charge in [-0.3, -0.25) is 4.98 Å². The predicted octanol–water partition coefficient (Wildman–Crippen LogP) is 1.79. The smallest absolute Gasteiger partial charge is 0.129 e. The van der Waals surface area contributed by atoms with Gasteiger partial charge in [-0.05, 0) is 32.4 Å². The Hall–Kier alpha value is -1.22. The molecular weight excluding hydrogens is 178 g/mol.